The second kappa shape index (κ2) is 11.6. The number of nitrogens with one attached hydrogen (secondary N) is 1. The van der Waals surface area contributed by atoms with E-state index in [1.54, 1.807) is 48.5 Å². The Kier molecular flexibility index (Phi) is 8.45. The summed E-state index contributed by atoms with van der Waals surface area (Å²) in [4.78, 5) is 15.6. The third-order valence-corrected chi connectivity index (χ3v) is 9.03. The molecule has 3 aromatic carbocycles. The maximum absolute atomic E-state index is 13.6. The van der Waals surface area contributed by atoms with Crippen LogP contribution < -0.4 is 14.5 Å². The predicted octanol–water partition coefficient (Wildman–Crippen LogP) is 5.96. The standard InChI is InChI=1S/C29H34ClN3O3S/c1-21-8-14-26(15-9-21)37(35,36)33(28-7-5-4-6-27(28)30)20-29(34)31-23(3)24-10-12-25(13-11-24)32-18-16-22(2)17-19-32/h4-15,22-23H,16-20H2,1-3H3,(H,31,34). The van der Waals surface area contributed by atoms with Crippen LogP contribution in [0.3, 0.4) is 0 Å². The molecule has 37 heavy (non-hydrogen) atoms. The zero-order valence-corrected chi connectivity index (χ0v) is 23.1. The van der Waals surface area contributed by atoms with Crippen LogP contribution in [-0.2, 0) is 14.8 Å². The highest BCUT2D eigenvalue weighted by atomic mass is 35.5. The van der Waals surface area contributed by atoms with Gasteiger partial charge in [0.25, 0.3) is 10.0 Å². The van der Waals surface area contributed by atoms with Gasteiger partial charge in [0.05, 0.1) is 21.6 Å². The Labute approximate surface area is 225 Å². The van der Waals surface area contributed by atoms with Crippen molar-refractivity contribution < 1.29 is 13.2 Å². The van der Waals surface area contributed by atoms with Gasteiger partial charge in [-0.05, 0) is 74.6 Å². The summed E-state index contributed by atoms with van der Waals surface area (Å²) in [5.41, 5.74) is 3.33. The lowest BCUT2D eigenvalue weighted by Gasteiger charge is -2.32. The van der Waals surface area contributed by atoms with Crippen LogP contribution in [0.2, 0.25) is 5.02 Å². The van der Waals surface area contributed by atoms with Crippen LogP contribution in [0.15, 0.2) is 77.7 Å². The summed E-state index contributed by atoms with van der Waals surface area (Å²) in [5.74, 6) is 0.350. The van der Waals surface area contributed by atoms with Gasteiger partial charge in [-0.25, -0.2) is 8.42 Å². The molecule has 1 aliphatic rings. The van der Waals surface area contributed by atoms with E-state index in [1.165, 1.54) is 18.5 Å². The Morgan fingerprint density at radius 1 is 1.03 bits per heavy atom. The second-order valence-electron chi connectivity index (χ2n) is 9.83. The minimum absolute atomic E-state index is 0.0987. The number of hydrogen-bond acceptors (Lipinski definition) is 4. The summed E-state index contributed by atoms with van der Waals surface area (Å²) in [7, 11) is -4.03. The molecule has 1 heterocycles. The van der Waals surface area contributed by atoms with E-state index in [2.05, 4.69) is 29.3 Å². The molecule has 4 rings (SSSR count). The molecule has 1 amide bonds. The fraction of sp³-hybridized carbons (Fsp3) is 0.345. The van der Waals surface area contributed by atoms with Crippen LogP contribution in [0.4, 0.5) is 11.4 Å². The van der Waals surface area contributed by atoms with Crippen LogP contribution in [0.25, 0.3) is 0 Å². The van der Waals surface area contributed by atoms with Gasteiger partial charge in [0.2, 0.25) is 5.91 Å². The van der Waals surface area contributed by atoms with Crippen LogP contribution in [-0.4, -0.2) is 34.0 Å². The summed E-state index contributed by atoms with van der Waals surface area (Å²) < 4.78 is 28.2. The number of piperidine rings is 1. The fourth-order valence-corrected chi connectivity index (χ4v) is 6.26. The van der Waals surface area contributed by atoms with Gasteiger partial charge >= 0.3 is 0 Å². The number of para-hydroxylation sites is 1. The van der Waals surface area contributed by atoms with Gasteiger partial charge in [0.15, 0.2) is 0 Å². The Balaban J connectivity index is 1.50. The Morgan fingerprint density at radius 3 is 2.27 bits per heavy atom. The van der Waals surface area contributed by atoms with Gasteiger partial charge < -0.3 is 10.2 Å². The van der Waals surface area contributed by atoms with Crippen LogP contribution in [0.5, 0.6) is 0 Å². The van der Waals surface area contributed by atoms with Gasteiger partial charge in [0, 0.05) is 18.8 Å². The molecule has 0 aliphatic carbocycles. The molecule has 3 aromatic rings. The first-order valence-electron chi connectivity index (χ1n) is 12.6. The molecular formula is C29H34ClN3O3S. The summed E-state index contributed by atoms with van der Waals surface area (Å²) in [5, 5.41) is 3.20. The second-order valence-corrected chi connectivity index (χ2v) is 12.1. The highest BCUT2D eigenvalue weighted by Crippen LogP contribution is 2.30. The van der Waals surface area contributed by atoms with Crippen molar-refractivity contribution in [2.24, 2.45) is 5.92 Å². The molecule has 1 N–H and O–H groups in total. The maximum atomic E-state index is 13.6. The Morgan fingerprint density at radius 2 is 1.65 bits per heavy atom. The summed E-state index contributed by atoms with van der Waals surface area (Å²) in [6, 6.07) is 21.1. The molecule has 6 nitrogen and oxygen atoms in total. The third-order valence-electron chi connectivity index (χ3n) is 6.94. The molecule has 0 aromatic heterocycles. The lowest BCUT2D eigenvalue weighted by molar-refractivity contribution is -0.120. The number of hydrogen-bond donors (Lipinski definition) is 1. The molecule has 0 radical (unpaired) electrons. The van der Waals surface area contributed by atoms with Crippen molar-refractivity contribution in [3.8, 4) is 0 Å². The topological polar surface area (TPSA) is 69.7 Å². The molecule has 0 saturated carbocycles. The van der Waals surface area contributed by atoms with Gasteiger partial charge in [0.1, 0.15) is 6.54 Å². The monoisotopic (exact) mass is 539 g/mol. The van der Waals surface area contributed by atoms with Gasteiger partial charge in [-0.3, -0.25) is 9.10 Å². The van der Waals surface area contributed by atoms with Gasteiger partial charge in [-0.1, -0.05) is 60.5 Å². The number of rotatable bonds is 8. The smallest absolute Gasteiger partial charge is 0.264 e. The first kappa shape index (κ1) is 27.0. The number of benzene rings is 3. The first-order valence-corrected chi connectivity index (χ1v) is 14.4. The number of halogens is 1. The normalized spacial score (nSPS) is 15.3. The van der Waals surface area contributed by atoms with E-state index in [1.807, 2.05) is 26.0 Å². The van der Waals surface area contributed by atoms with Gasteiger partial charge in [-0.15, -0.1) is 0 Å². The van der Waals surface area contributed by atoms with Crippen molar-refractivity contribution >= 4 is 38.9 Å². The van der Waals surface area contributed by atoms with E-state index in [-0.39, 0.29) is 21.6 Å². The number of amides is 1. The van der Waals surface area contributed by atoms with E-state index in [9.17, 15) is 13.2 Å². The Bertz CT molecular complexity index is 1320. The van der Waals surface area contributed by atoms with Crippen molar-refractivity contribution in [1.29, 1.82) is 0 Å². The van der Waals surface area contributed by atoms with Crippen molar-refractivity contribution in [1.82, 2.24) is 5.32 Å². The van der Waals surface area contributed by atoms with Crippen LogP contribution >= 0.6 is 11.6 Å². The van der Waals surface area contributed by atoms with Crippen LogP contribution in [0.1, 0.15) is 43.9 Å². The number of aryl methyl sites for hydroxylation is 1. The number of anilines is 2. The zero-order chi connectivity index (χ0) is 26.6. The summed E-state index contributed by atoms with van der Waals surface area (Å²) in [6.45, 7) is 7.79. The number of nitrogens with zero attached hydrogens (tertiary/aromatic N) is 2. The molecule has 0 spiro atoms. The van der Waals surface area contributed by atoms with Crippen molar-refractivity contribution in [2.45, 2.75) is 44.6 Å². The van der Waals surface area contributed by atoms with Crippen molar-refractivity contribution in [3.05, 3.63) is 88.9 Å². The Hall–Kier alpha value is -3.03. The van der Waals surface area contributed by atoms with E-state index in [0.29, 0.717) is 0 Å². The molecule has 1 aliphatic heterocycles. The van der Waals surface area contributed by atoms with E-state index in [0.717, 1.165) is 34.4 Å². The lowest BCUT2D eigenvalue weighted by Crippen LogP contribution is -2.41. The summed E-state index contributed by atoms with van der Waals surface area (Å²) in [6.07, 6.45) is 2.39. The number of carbonyl (C=O) groups excluding carboxylic acids is 1. The molecule has 1 unspecified atom stereocenters. The van der Waals surface area contributed by atoms with E-state index >= 15 is 0 Å². The molecule has 8 heteroatoms. The van der Waals surface area contributed by atoms with Crippen molar-refractivity contribution in [2.75, 3.05) is 28.8 Å². The highest BCUT2D eigenvalue weighted by Gasteiger charge is 2.29. The third kappa shape index (κ3) is 6.46. The molecule has 1 atom stereocenters. The average molecular weight is 540 g/mol. The molecule has 1 fully saturated rings. The maximum Gasteiger partial charge on any atom is 0.264 e. The zero-order valence-electron chi connectivity index (χ0n) is 21.5. The minimum atomic E-state index is -4.03. The molecule has 0 bridgehead atoms. The van der Waals surface area contributed by atoms with Gasteiger partial charge in [-0.2, -0.15) is 0 Å². The molecular weight excluding hydrogens is 506 g/mol. The van der Waals surface area contributed by atoms with Crippen molar-refractivity contribution in [3.63, 3.8) is 0 Å². The SMILES string of the molecule is Cc1ccc(S(=O)(=O)N(CC(=O)NC(C)c2ccc(N3CCC(C)CC3)cc2)c2ccccc2Cl)cc1. The quantitative estimate of drug-likeness (QED) is 0.383. The van der Waals surface area contributed by atoms with E-state index in [4.69, 9.17) is 11.6 Å². The minimum Gasteiger partial charge on any atom is -0.372 e. The predicted molar refractivity (Wildman–Crippen MR) is 151 cm³/mol. The fourth-order valence-electron chi connectivity index (χ4n) is 4.53. The van der Waals surface area contributed by atoms with Crippen LogP contribution in [0, 0.1) is 12.8 Å². The molecule has 196 valence electrons. The van der Waals surface area contributed by atoms with E-state index < -0.39 is 22.5 Å². The molecule has 1 saturated heterocycles. The highest BCUT2D eigenvalue weighted by molar-refractivity contribution is 7.92. The average Bonchev–Trinajstić information content (AvgIpc) is 2.88. The lowest BCUT2D eigenvalue weighted by atomic mass is 9.98. The largest absolute Gasteiger partial charge is 0.372 e. The summed E-state index contributed by atoms with van der Waals surface area (Å²) >= 11 is 6.37. The number of carbonyl (C=O) groups is 1. The number of sulfonamides is 1. The first-order chi connectivity index (χ1) is 17.6.